The van der Waals surface area contributed by atoms with Crippen LogP contribution in [0.15, 0.2) is 29.4 Å². The Labute approximate surface area is 76.2 Å². The number of rotatable bonds is 1. The second kappa shape index (κ2) is 2.25. The third-order valence-electron chi connectivity index (χ3n) is 2.55. The molecule has 1 aliphatic heterocycles. The Bertz CT molecular complexity index is 386. The van der Waals surface area contributed by atoms with E-state index in [0.717, 1.165) is 23.4 Å². The number of benzene rings is 1. The van der Waals surface area contributed by atoms with Crippen LogP contribution in [0.25, 0.3) is 0 Å². The molecule has 3 rings (SSSR count). The molecule has 1 saturated carbocycles. The van der Waals surface area contributed by atoms with E-state index in [1.165, 1.54) is 0 Å². The van der Waals surface area contributed by atoms with E-state index in [1.807, 2.05) is 24.3 Å². The predicted octanol–water partition coefficient (Wildman–Crippen LogP) is 1.39. The van der Waals surface area contributed by atoms with E-state index in [1.54, 1.807) is 0 Å². The molecular formula is C10H10N2O. The zero-order chi connectivity index (χ0) is 8.84. The minimum absolute atomic E-state index is 0.358. The van der Waals surface area contributed by atoms with Crippen molar-refractivity contribution in [1.29, 1.82) is 0 Å². The van der Waals surface area contributed by atoms with Crippen molar-refractivity contribution >= 4 is 11.4 Å². The van der Waals surface area contributed by atoms with Gasteiger partial charge < -0.3 is 10.6 Å². The summed E-state index contributed by atoms with van der Waals surface area (Å²) in [5.41, 5.74) is 8.64. The lowest BCUT2D eigenvalue weighted by molar-refractivity contribution is 0.140. The SMILES string of the molecule is Nc1cccc(C2=NO[C@@H]3C[C@H]23)c1. The van der Waals surface area contributed by atoms with Crippen LogP contribution in [-0.2, 0) is 4.84 Å². The number of anilines is 1. The highest BCUT2D eigenvalue weighted by atomic mass is 16.7. The number of nitrogens with two attached hydrogens (primary N) is 1. The summed E-state index contributed by atoms with van der Waals surface area (Å²) in [5, 5.41) is 4.04. The van der Waals surface area contributed by atoms with Crippen LogP contribution < -0.4 is 5.73 Å². The number of fused-ring (bicyclic) bond motifs is 1. The van der Waals surface area contributed by atoms with Gasteiger partial charge in [0, 0.05) is 17.2 Å². The van der Waals surface area contributed by atoms with Crippen molar-refractivity contribution < 1.29 is 4.84 Å². The summed E-state index contributed by atoms with van der Waals surface area (Å²) in [6, 6.07) is 7.80. The maximum absolute atomic E-state index is 5.69. The molecular weight excluding hydrogens is 164 g/mol. The lowest BCUT2D eigenvalue weighted by Crippen LogP contribution is -2.02. The molecule has 1 fully saturated rings. The molecule has 0 radical (unpaired) electrons. The van der Waals surface area contributed by atoms with Gasteiger partial charge >= 0.3 is 0 Å². The van der Waals surface area contributed by atoms with Crippen LogP contribution in [0.4, 0.5) is 5.69 Å². The second-order valence-electron chi connectivity index (χ2n) is 3.59. The average molecular weight is 174 g/mol. The van der Waals surface area contributed by atoms with Crippen molar-refractivity contribution in [2.45, 2.75) is 12.5 Å². The molecule has 66 valence electrons. The normalized spacial score (nSPS) is 29.1. The number of nitrogens with zero attached hydrogens (tertiary/aromatic N) is 1. The topological polar surface area (TPSA) is 47.6 Å². The van der Waals surface area contributed by atoms with Crippen molar-refractivity contribution in [3.05, 3.63) is 29.8 Å². The maximum Gasteiger partial charge on any atom is 0.136 e. The van der Waals surface area contributed by atoms with Crippen LogP contribution in [0.3, 0.4) is 0 Å². The zero-order valence-corrected chi connectivity index (χ0v) is 7.10. The van der Waals surface area contributed by atoms with Gasteiger partial charge in [-0.05, 0) is 18.6 Å². The molecule has 2 N–H and O–H groups in total. The second-order valence-corrected chi connectivity index (χ2v) is 3.59. The lowest BCUT2D eigenvalue weighted by Gasteiger charge is -2.00. The van der Waals surface area contributed by atoms with Crippen LogP contribution in [0.2, 0.25) is 0 Å². The quantitative estimate of drug-likeness (QED) is 0.654. The van der Waals surface area contributed by atoms with E-state index in [9.17, 15) is 0 Å². The summed E-state index contributed by atoms with van der Waals surface area (Å²) in [6.45, 7) is 0. The van der Waals surface area contributed by atoms with E-state index in [0.29, 0.717) is 12.0 Å². The summed E-state index contributed by atoms with van der Waals surface area (Å²) in [4.78, 5) is 5.18. The molecule has 0 spiro atoms. The Morgan fingerprint density at radius 3 is 3.00 bits per heavy atom. The first-order valence-corrected chi connectivity index (χ1v) is 4.44. The van der Waals surface area contributed by atoms with E-state index in [-0.39, 0.29) is 0 Å². The largest absolute Gasteiger partial charge is 0.399 e. The summed E-state index contributed by atoms with van der Waals surface area (Å²) >= 11 is 0. The highest BCUT2D eigenvalue weighted by Crippen LogP contribution is 2.42. The first kappa shape index (κ1) is 6.95. The molecule has 1 heterocycles. The minimum atomic E-state index is 0.358. The summed E-state index contributed by atoms with van der Waals surface area (Å²) in [7, 11) is 0. The molecule has 0 aromatic heterocycles. The molecule has 0 bridgehead atoms. The highest BCUT2D eigenvalue weighted by Gasteiger charge is 2.48. The van der Waals surface area contributed by atoms with Gasteiger partial charge in [-0.2, -0.15) is 0 Å². The lowest BCUT2D eigenvalue weighted by atomic mass is 10.1. The van der Waals surface area contributed by atoms with Crippen molar-refractivity contribution in [3.63, 3.8) is 0 Å². The van der Waals surface area contributed by atoms with Gasteiger partial charge in [0.05, 0.1) is 5.71 Å². The molecule has 2 aliphatic rings. The van der Waals surface area contributed by atoms with Crippen LogP contribution in [-0.4, -0.2) is 11.8 Å². The van der Waals surface area contributed by atoms with E-state index in [2.05, 4.69) is 5.16 Å². The van der Waals surface area contributed by atoms with Crippen molar-refractivity contribution in [2.24, 2.45) is 11.1 Å². The fourth-order valence-electron chi connectivity index (χ4n) is 1.73. The zero-order valence-electron chi connectivity index (χ0n) is 7.10. The van der Waals surface area contributed by atoms with E-state index in [4.69, 9.17) is 10.6 Å². The predicted molar refractivity (Wildman–Crippen MR) is 50.4 cm³/mol. The standard InChI is InChI=1S/C10H10N2O/c11-7-3-1-2-6(4-7)10-8-5-9(8)13-12-10/h1-4,8-9H,5,11H2/t8-,9+/m0/s1. The summed E-state index contributed by atoms with van der Waals surface area (Å²) < 4.78 is 0. The maximum atomic E-state index is 5.69. The van der Waals surface area contributed by atoms with Gasteiger partial charge in [-0.15, -0.1) is 0 Å². The Morgan fingerprint density at radius 2 is 2.38 bits per heavy atom. The van der Waals surface area contributed by atoms with Crippen molar-refractivity contribution in [2.75, 3.05) is 5.73 Å². The summed E-state index contributed by atoms with van der Waals surface area (Å²) in [6.07, 6.45) is 1.48. The van der Waals surface area contributed by atoms with Crippen LogP contribution in [0.5, 0.6) is 0 Å². The fourth-order valence-corrected chi connectivity index (χ4v) is 1.73. The van der Waals surface area contributed by atoms with Gasteiger partial charge in [0.2, 0.25) is 0 Å². The van der Waals surface area contributed by atoms with Gasteiger partial charge in [-0.1, -0.05) is 17.3 Å². The Kier molecular flexibility index (Phi) is 1.20. The number of hydrogen-bond donors (Lipinski definition) is 1. The molecule has 1 aliphatic carbocycles. The number of hydrogen-bond acceptors (Lipinski definition) is 3. The van der Waals surface area contributed by atoms with Gasteiger partial charge in [-0.25, -0.2) is 0 Å². The molecule has 3 nitrogen and oxygen atoms in total. The minimum Gasteiger partial charge on any atom is -0.399 e. The van der Waals surface area contributed by atoms with Crippen LogP contribution in [0, 0.1) is 5.92 Å². The van der Waals surface area contributed by atoms with Gasteiger partial charge in [-0.3, -0.25) is 0 Å². The molecule has 0 unspecified atom stereocenters. The van der Waals surface area contributed by atoms with E-state index < -0.39 is 0 Å². The Hall–Kier alpha value is -1.51. The molecule has 1 aromatic carbocycles. The highest BCUT2D eigenvalue weighted by molar-refractivity contribution is 6.05. The molecule has 13 heavy (non-hydrogen) atoms. The molecule has 3 heteroatoms. The third kappa shape index (κ3) is 1.00. The number of nitrogen functional groups attached to an aromatic ring is 1. The van der Waals surface area contributed by atoms with Crippen LogP contribution in [0.1, 0.15) is 12.0 Å². The van der Waals surface area contributed by atoms with Gasteiger partial charge in [0.1, 0.15) is 6.10 Å². The molecule has 0 saturated heterocycles. The third-order valence-corrected chi connectivity index (χ3v) is 2.55. The molecule has 0 amide bonds. The van der Waals surface area contributed by atoms with Gasteiger partial charge in [0.25, 0.3) is 0 Å². The number of oxime groups is 1. The van der Waals surface area contributed by atoms with Crippen molar-refractivity contribution in [1.82, 2.24) is 0 Å². The van der Waals surface area contributed by atoms with Crippen molar-refractivity contribution in [3.8, 4) is 0 Å². The Balaban J connectivity index is 2.00. The average Bonchev–Trinajstić information content (AvgIpc) is 2.78. The van der Waals surface area contributed by atoms with Crippen LogP contribution >= 0.6 is 0 Å². The Morgan fingerprint density at radius 1 is 1.46 bits per heavy atom. The van der Waals surface area contributed by atoms with E-state index >= 15 is 0 Å². The summed E-state index contributed by atoms with van der Waals surface area (Å²) in [5.74, 6) is 0.529. The molecule has 2 atom stereocenters. The smallest absolute Gasteiger partial charge is 0.136 e. The fraction of sp³-hybridized carbons (Fsp3) is 0.300. The first-order valence-electron chi connectivity index (χ1n) is 4.44. The monoisotopic (exact) mass is 174 g/mol. The molecule has 1 aromatic rings. The van der Waals surface area contributed by atoms with Gasteiger partial charge in [0.15, 0.2) is 0 Å². The first-order chi connectivity index (χ1) is 6.34.